The topological polar surface area (TPSA) is 91.8 Å². The third kappa shape index (κ3) is 5.04. The highest BCUT2D eigenvalue weighted by Crippen LogP contribution is 2.32. The molecule has 2 amide bonds. The number of carbonyl (C=O) groups excluding carboxylic acids is 2. The predicted molar refractivity (Wildman–Crippen MR) is 133 cm³/mol. The Hall–Kier alpha value is -3.34. The van der Waals surface area contributed by atoms with E-state index in [0.717, 1.165) is 26.6 Å². The number of ether oxygens (including phenoxy) is 1. The number of hydrogen-bond acceptors (Lipinski definition) is 8. The number of rotatable bonds is 3. The number of fused-ring (bicyclic) bond motifs is 1. The molecule has 1 atom stereocenters. The highest BCUT2D eigenvalue weighted by Gasteiger charge is 2.31. The fourth-order valence-electron chi connectivity index (χ4n) is 4.12. The minimum atomic E-state index is -0.797. The Bertz CT molecular complexity index is 1260. The van der Waals surface area contributed by atoms with Gasteiger partial charge in [0, 0.05) is 37.5 Å². The summed E-state index contributed by atoms with van der Waals surface area (Å²) in [6, 6.07) is 5.69. The average Bonchev–Trinajstić information content (AvgIpc) is 3.43. The zero-order chi connectivity index (χ0) is 24.7. The first-order chi connectivity index (χ1) is 16.7. The lowest BCUT2D eigenvalue weighted by molar-refractivity contribution is -0.121. The van der Waals surface area contributed by atoms with Crippen LogP contribution in [0.1, 0.15) is 27.2 Å². The number of carbonyl (C=O) groups is 2. The molecule has 35 heavy (non-hydrogen) atoms. The van der Waals surface area contributed by atoms with E-state index >= 15 is 0 Å². The Labute approximate surface area is 206 Å². The summed E-state index contributed by atoms with van der Waals surface area (Å²) in [6.45, 7) is 7.09. The molecule has 5 rings (SSSR count). The van der Waals surface area contributed by atoms with Crippen LogP contribution in [0.4, 0.5) is 20.8 Å². The summed E-state index contributed by atoms with van der Waals surface area (Å²) in [5, 5.41) is 0.795. The van der Waals surface area contributed by atoms with Gasteiger partial charge in [0.25, 0.3) is 0 Å². The Morgan fingerprint density at radius 1 is 1.14 bits per heavy atom. The zero-order valence-corrected chi connectivity index (χ0v) is 20.7. The summed E-state index contributed by atoms with van der Waals surface area (Å²) in [5.41, 5.74) is 0.988. The maximum atomic E-state index is 13.5. The summed E-state index contributed by atoms with van der Waals surface area (Å²) in [4.78, 5) is 43.7. The van der Waals surface area contributed by atoms with E-state index in [1.807, 2.05) is 23.1 Å². The molecule has 2 aliphatic rings. The Balaban J connectivity index is 1.29. The molecule has 0 radical (unpaired) electrons. The number of aromatic nitrogens is 3. The number of nitrogens with zero attached hydrogens (tertiary/aromatic N) is 6. The maximum absolute atomic E-state index is 13.5. The van der Waals surface area contributed by atoms with Crippen molar-refractivity contribution in [2.45, 2.75) is 39.0 Å². The largest absolute Gasteiger partial charge is 0.444 e. The molecule has 9 nitrogen and oxygen atoms in total. The van der Waals surface area contributed by atoms with Gasteiger partial charge in [0.2, 0.25) is 5.91 Å². The summed E-state index contributed by atoms with van der Waals surface area (Å²) in [7, 11) is 0. The third-order valence-electron chi connectivity index (χ3n) is 5.86. The van der Waals surface area contributed by atoms with E-state index in [0.29, 0.717) is 38.4 Å². The normalized spacial score (nSPS) is 19.0. The van der Waals surface area contributed by atoms with E-state index in [9.17, 15) is 14.0 Å². The highest BCUT2D eigenvalue weighted by atomic mass is 32.1. The molecule has 0 bridgehead atoms. The van der Waals surface area contributed by atoms with Crippen molar-refractivity contribution in [2.24, 2.45) is 0 Å². The number of hydrogen-bond donors (Lipinski definition) is 0. The minimum absolute atomic E-state index is 0.0548. The molecule has 0 spiro atoms. The molecule has 0 N–H and O–H groups in total. The Morgan fingerprint density at radius 2 is 1.94 bits per heavy atom. The first-order valence-corrected chi connectivity index (χ1v) is 12.4. The smallest absolute Gasteiger partial charge is 0.410 e. The van der Waals surface area contributed by atoms with E-state index in [1.165, 1.54) is 16.2 Å². The summed E-state index contributed by atoms with van der Waals surface area (Å²) in [6.07, 6.45) is 2.66. The van der Waals surface area contributed by atoms with Crippen LogP contribution in [0, 0.1) is 0 Å². The van der Waals surface area contributed by atoms with Gasteiger partial charge >= 0.3 is 6.09 Å². The van der Waals surface area contributed by atoms with Crippen LogP contribution in [0.25, 0.3) is 20.8 Å². The average molecular weight is 499 g/mol. The molecule has 0 unspecified atom stereocenters. The minimum Gasteiger partial charge on any atom is -0.444 e. The van der Waals surface area contributed by atoms with Crippen LogP contribution >= 0.6 is 11.3 Å². The first-order valence-electron chi connectivity index (χ1n) is 11.6. The van der Waals surface area contributed by atoms with Gasteiger partial charge in [0.1, 0.15) is 40.5 Å². The van der Waals surface area contributed by atoms with Gasteiger partial charge in [-0.05, 0) is 39.3 Å². The van der Waals surface area contributed by atoms with Crippen molar-refractivity contribution >= 4 is 45.2 Å². The lowest BCUT2D eigenvalue weighted by Gasteiger charge is -2.34. The van der Waals surface area contributed by atoms with E-state index in [-0.39, 0.29) is 12.5 Å². The van der Waals surface area contributed by atoms with Crippen molar-refractivity contribution < 1.29 is 18.7 Å². The second kappa shape index (κ2) is 9.03. The second-order valence-electron chi connectivity index (χ2n) is 9.71. The first kappa shape index (κ1) is 23.4. The van der Waals surface area contributed by atoms with Crippen LogP contribution in [-0.2, 0) is 9.53 Å². The molecule has 184 valence electrons. The van der Waals surface area contributed by atoms with Crippen LogP contribution in [0.5, 0.6) is 0 Å². The molecule has 0 aliphatic carbocycles. The van der Waals surface area contributed by atoms with Gasteiger partial charge in [-0.1, -0.05) is 0 Å². The van der Waals surface area contributed by atoms with E-state index < -0.39 is 17.9 Å². The highest BCUT2D eigenvalue weighted by molar-refractivity contribution is 7.21. The third-order valence-corrected chi connectivity index (χ3v) is 6.93. The molecule has 11 heteroatoms. The van der Waals surface area contributed by atoms with E-state index in [4.69, 9.17) is 4.74 Å². The summed E-state index contributed by atoms with van der Waals surface area (Å²) >= 11 is 1.49. The number of amides is 2. The van der Waals surface area contributed by atoms with Gasteiger partial charge < -0.3 is 9.64 Å². The van der Waals surface area contributed by atoms with E-state index in [2.05, 4.69) is 15.0 Å². The lowest BCUT2D eigenvalue weighted by Crippen LogP contribution is -2.53. The Kier molecular flexibility index (Phi) is 6.04. The van der Waals surface area contributed by atoms with Crippen molar-refractivity contribution in [1.82, 2.24) is 19.9 Å². The van der Waals surface area contributed by atoms with Crippen LogP contribution in [-0.4, -0.2) is 76.3 Å². The number of halogens is 1. The number of thiazole rings is 1. The summed E-state index contributed by atoms with van der Waals surface area (Å²) < 4.78 is 19.8. The molecule has 5 heterocycles. The molecule has 0 aromatic carbocycles. The van der Waals surface area contributed by atoms with Crippen molar-refractivity contribution in [3.05, 3.63) is 30.6 Å². The number of piperazine rings is 1. The van der Waals surface area contributed by atoms with Gasteiger partial charge in [-0.3, -0.25) is 14.6 Å². The fraction of sp³-hybridized carbons (Fsp3) is 0.458. The van der Waals surface area contributed by atoms with Crippen molar-refractivity contribution in [1.29, 1.82) is 0 Å². The van der Waals surface area contributed by atoms with Crippen molar-refractivity contribution in [2.75, 3.05) is 42.5 Å². The monoisotopic (exact) mass is 498 g/mol. The van der Waals surface area contributed by atoms with Crippen molar-refractivity contribution in [3.8, 4) is 10.6 Å². The molecule has 3 aromatic rings. The van der Waals surface area contributed by atoms with Gasteiger partial charge in [-0.15, -0.1) is 11.3 Å². The maximum Gasteiger partial charge on any atom is 0.410 e. The van der Waals surface area contributed by atoms with Crippen LogP contribution in [0.2, 0.25) is 0 Å². The Morgan fingerprint density at radius 3 is 2.60 bits per heavy atom. The van der Waals surface area contributed by atoms with Crippen LogP contribution in [0.3, 0.4) is 0 Å². The van der Waals surface area contributed by atoms with E-state index in [1.54, 1.807) is 38.1 Å². The fourth-order valence-corrected chi connectivity index (χ4v) is 5.07. The molecule has 0 saturated carbocycles. The van der Waals surface area contributed by atoms with Crippen LogP contribution < -0.4 is 9.80 Å². The quantitative estimate of drug-likeness (QED) is 0.541. The number of alkyl halides is 1. The van der Waals surface area contributed by atoms with Crippen molar-refractivity contribution in [3.63, 3.8) is 0 Å². The number of pyridine rings is 2. The number of anilines is 2. The zero-order valence-electron chi connectivity index (χ0n) is 19.9. The molecule has 3 aromatic heterocycles. The SMILES string of the molecule is CC(C)(C)OC(=O)N1CCN(c2cc3sc(-c4ccc(N5CC[C@@H](F)C5)nc4)nc3cn2)C(=O)C1. The molecule has 2 aliphatic heterocycles. The van der Waals surface area contributed by atoms with Crippen LogP contribution in [0.15, 0.2) is 30.6 Å². The van der Waals surface area contributed by atoms with Gasteiger partial charge in [0.05, 0.1) is 17.4 Å². The summed E-state index contributed by atoms with van der Waals surface area (Å²) in [5.74, 6) is 1.09. The molecular weight excluding hydrogens is 471 g/mol. The van der Waals surface area contributed by atoms with Gasteiger partial charge in [0.15, 0.2) is 0 Å². The standard InChI is InChI=1S/C24H27FN6O3S/c1-24(2,3)34-23(33)30-8-9-31(21(32)14-30)20-10-18-17(12-27-20)28-22(35-18)15-4-5-19(26-11-15)29-7-6-16(25)13-29/h4-5,10-12,16H,6-9,13-14H2,1-3H3/t16-/m1/s1. The van der Waals surface area contributed by atoms with Gasteiger partial charge in [-0.25, -0.2) is 24.1 Å². The predicted octanol–water partition coefficient (Wildman–Crippen LogP) is 3.89. The molecule has 2 fully saturated rings. The second-order valence-corrected chi connectivity index (χ2v) is 10.7. The van der Waals surface area contributed by atoms with Gasteiger partial charge in [-0.2, -0.15) is 0 Å². The lowest BCUT2D eigenvalue weighted by atomic mass is 10.2. The molecule has 2 saturated heterocycles. The molecular formula is C24H27FN6O3S.